The highest BCUT2D eigenvalue weighted by atomic mass is 16.5. The van der Waals surface area contributed by atoms with Crippen molar-refractivity contribution in [3.05, 3.63) is 132 Å². The number of carbonyl (C=O) groups excluding carboxylic acids is 2. The van der Waals surface area contributed by atoms with E-state index in [0.29, 0.717) is 45.6 Å². The number of hydrogen-bond donors (Lipinski definition) is 3. The van der Waals surface area contributed by atoms with Gasteiger partial charge in [0.25, 0.3) is 5.91 Å². The number of amides is 3. The number of para-hydroxylation sites is 3. The standard InChI is InChI=1S/C35H32N4O5/c1-42-32-21-18-27(22-33(32)43-2)39(35(41)37-26-16-19-29(20-17-26)44-28-8-4-3-5-9-28)23-24-12-14-25(15-13-24)34(40)38-31-11-7-6-10-30(31)36/h3-22H,23,36H2,1-2H3,(H,37,41)(H,38,40). The largest absolute Gasteiger partial charge is 0.493 e. The summed E-state index contributed by atoms with van der Waals surface area (Å²) in [4.78, 5) is 28.1. The number of nitrogens with zero attached hydrogens (tertiary/aromatic N) is 1. The summed E-state index contributed by atoms with van der Waals surface area (Å²) < 4.78 is 16.7. The molecule has 0 aliphatic carbocycles. The molecule has 0 aromatic heterocycles. The minimum Gasteiger partial charge on any atom is -0.493 e. The smallest absolute Gasteiger partial charge is 0.326 e. The first kappa shape index (κ1) is 29.5. The molecule has 3 amide bonds. The van der Waals surface area contributed by atoms with Crippen molar-refractivity contribution in [1.82, 2.24) is 0 Å². The van der Waals surface area contributed by atoms with E-state index in [9.17, 15) is 9.59 Å². The van der Waals surface area contributed by atoms with E-state index in [4.69, 9.17) is 19.9 Å². The molecule has 0 unspecified atom stereocenters. The van der Waals surface area contributed by atoms with Gasteiger partial charge in [-0.3, -0.25) is 9.69 Å². The second kappa shape index (κ2) is 13.8. The maximum absolute atomic E-state index is 13.7. The van der Waals surface area contributed by atoms with Crippen LogP contribution in [-0.2, 0) is 6.54 Å². The van der Waals surface area contributed by atoms with E-state index in [-0.39, 0.29) is 18.5 Å². The predicted molar refractivity (Wildman–Crippen MR) is 173 cm³/mol. The molecular formula is C35H32N4O5. The number of hydrogen-bond acceptors (Lipinski definition) is 6. The number of methoxy groups -OCH3 is 2. The van der Waals surface area contributed by atoms with Gasteiger partial charge < -0.3 is 30.6 Å². The Morgan fingerprint density at radius 1 is 0.705 bits per heavy atom. The van der Waals surface area contributed by atoms with E-state index >= 15 is 0 Å². The predicted octanol–water partition coefficient (Wildman–Crippen LogP) is 7.57. The number of urea groups is 1. The van der Waals surface area contributed by atoms with Crippen molar-refractivity contribution in [2.24, 2.45) is 0 Å². The molecule has 0 aliphatic rings. The van der Waals surface area contributed by atoms with Crippen molar-refractivity contribution >= 4 is 34.7 Å². The van der Waals surface area contributed by atoms with Crippen molar-refractivity contribution in [1.29, 1.82) is 0 Å². The van der Waals surface area contributed by atoms with Crippen LogP contribution in [0.15, 0.2) is 121 Å². The first-order valence-electron chi connectivity index (χ1n) is 13.8. The van der Waals surface area contributed by atoms with Crippen LogP contribution in [0.4, 0.5) is 27.5 Å². The number of nitrogens with one attached hydrogen (secondary N) is 2. The Kier molecular flexibility index (Phi) is 9.26. The van der Waals surface area contributed by atoms with Crippen molar-refractivity contribution in [2.45, 2.75) is 6.54 Å². The second-order valence-corrected chi connectivity index (χ2v) is 9.73. The van der Waals surface area contributed by atoms with Crippen molar-refractivity contribution in [2.75, 3.05) is 35.5 Å². The van der Waals surface area contributed by atoms with E-state index in [2.05, 4.69) is 10.6 Å². The molecule has 0 spiro atoms. The lowest BCUT2D eigenvalue weighted by Gasteiger charge is -2.24. The van der Waals surface area contributed by atoms with Gasteiger partial charge in [0, 0.05) is 23.0 Å². The molecule has 5 aromatic rings. The zero-order valence-electron chi connectivity index (χ0n) is 24.3. The fraction of sp³-hybridized carbons (Fsp3) is 0.0857. The third kappa shape index (κ3) is 7.27. The van der Waals surface area contributed by atoms with Gasteiger partial charge in [0.2, 0.25) is 0 Å². The fourth-order valence-electron chi connectivity index (χ4n) is 4.44. The fourth-order valence-corrected chi connectivity index (χ4v) is 4.44. The van der Waals surface area contributed by atoms with E-state index in [1.165, 1.54) is 7.11 Å². The summed E-state index contributed by atoms with van der Waals surface area (Å²) in [6.45, 7) is 0.212. The van der Waals surface area contributed by atoms with E-state index in [1.54, 1.807) is 103 Å². The normalized spacial score (nSPS) is 10.4. The molecule has 222 valence electrons. The van der Waals surface area contributed by atoms with E-state index in [0.717, 1.165) is 11.3 Å². The summed E-state index contributed by atoms with van der Waals surface area (Å²) in [6.07, 6.45) is 0. The molecule has 0 atom stereocenters. The Hall–Kier alpha value is -5.96. The van der Waals surface area contributed by atoms with Crippen LogP contribution in [0, 0.1) is 0 Å². The number of nitrogen functional groups attached to an aromatic ring is 1. The van der Waals surface area contributed by atoms with E-state index < -0.39 is 0 Å². The maximum atomic E-state index is 13.7. The van der Waals surface area contributed by atoms with Gasteiger partial charge in [-0.2, -0.15) is 0 Å². The summed E-state index contributed by atoms with van der Waals surface area (Å²) in [7, 11) is 3.09. The first-order valence-corrected chi connectivity index (χ1v) is 13.8. The summed E-state index contributed by atoms with van der Waals surface area (Å²) in [5.74, 6) is 2.10. The Balaban J connectivity index is 1.34. The maximum Gasteiger partial charge on any atom is 0.326 e. The highest BCUT2D eigenvalue weighted by molar-refractivity contribution is 6.06. The Morgan fingerprint density at radius 2 is 1.36 bits per heavy atom. The van der Waals surface area contributed by atoms with Crippen LogP contribution in [0.5, 0.6) is 23.0 Å². The Morgan fingerprint density at radius 3 is 2.05 bits per heavy atom. The Bertz CT molecular complexity index is 1730. The third-order valence-corrected chi connectivity index (χ3v) is 6.77. The first-order chi connectivity index (χ1) is 21.4. The molecule has 9 nitrogen and oxygen atoms in total. The van der Waals surface area contributed by atoms with Crippen molar-refractivity contribution < 1.29 is 23.8 Å². The molecule has 0 bridgehead atoms. The molecule has 0 saturated heterocycles. The van der Waals surface area contributed by atoms with Crippen LogP contribution < -0.4 is 35.5 Å². The van der Waals surface area contributed by atoms with Gasteiger partial charge in [-0.05, 0) is 78.4 Å². The minimum atomic E-state index is -0.365. The van der Waals surface area contributed by atoms with Gasteiger partial charge in [-0.15, -0.1) is 0 Å². The van der Waals surface area contributed by atoms with Gasteiger partial charge in [0.1, 0.15) is 11.5 Å². The number of ether oxygens (including phenoxy) is 3. The highest BCUT2D eigenvalue weighted by Gasteiger charge is 2.19. The summed E-state index contributed by atoms with van der Waals surface area (Å²) >= 11 is 0. The van der Waals surface area contributed by atoms with Crippen LogP contribution in [0.25, 0.3) is 0 Å². The van der Waals surface area contributed by atoms with Gasteiger partial charge >= 0.3 is 6.03 Å². The zero-order chi connectivity index (χ0) is 30.9. The lowest BCUT2D eigenvalue weighted by atomic mass is 10.1. The number of benzene rings is 5. The third-order valence-electron chi connectivity index (χ3n) is 6.77. The highest BCUT2D eigenvalue weighted by Crippen LogP contribution is 2.33. The van der Waals surface area contributed by atoms with Gasteiger partial charge in [-0.1, -0.05) is 42.5 Å². The molecule has 9 heteroatoms. The van der Waals surface area contributed by atoms with E-state index in [1.807, 2.05) is 30.3 Å². The van der Waals surface area contributed by atoms with Crippen LogP contribution in [-0.4, -0.2) is 26.2 Å². The van der Waals surface area contributed by atoms with Crippen molar-refractivity contribution in [3.63, 3.8) is 0 Å². The molecule has 0 saturated carbocycles. The van der Waals surface area contributed by atoms with Crippen molar-refractivity contribution in [3.8, 4) is 23.0 Å². The lowest BCUT2D eigenvalue weighted by molar-refractivity contribution is 0.102. The summed E-state index contributed by atoms with van der Waals surface area (Å²) in [5.41, 5.74) is 9.42. The molecule has 0 radical (unpaired) electrons. The van der Waals surface area contributed by atoms with Crippen LogP contribution in [0.1, 0.15) is 15.9 Å². The van der Waals surface area contributed by atoms with Crippen LogP contribution >= 0.6 is 0 Å². The molecule has 4 N–H and O–H groups in total. The quantitative estimate of drug-likeness (QED) is 0.145. The molecule has 5 rings (SSSR count). The SMILES string of the molecule is COc1ccc(N(Cc2ccc(C(=O)Nc3ccccc3N)cc2)C(=O)Nc2ccc(Oc3ccccc3)cc2)cc1OC. The number of anilines is 4. The lowest BCUT2D eigenvalue weighted by Crippen LogP contribution is -2.34. The summed E-state index contributed by atoms with van der Waals surface area (Å²) in [6, 6.07) is 35.6. The van der Waals surface area contributed by atoms with Gasteiger partial charge in [-0.25, -0.2) is 4.79 Å². The van der Waals surface area contributed by atoms with Crippen LogP contribution in [0.2, 0.25) is 0 Å². The molecule has 0 heterocycles. The second-order valence-electron chi connectivity index (χ2n) is 9.73. The average Bonchev–Trinajstić information content (AvgIpc) is 3.06. The Labute approximate surface area is 255 Å². The number of rotatable bonds is 10. The monoisotopic (exact) mass is 588 g/mol. The number of nitrogens with two attached hydrogens (primary N) is 1. The summed E-state index contributed by atoms with van der Waals surface area (Å²) in [5, 5.41) is 5.79. The van der Waals surface area contributed by atoms with Gasteiger partial charge in [0.15, 0.2) is 11.5 Å². The minimum absolute atomic E-state index is 0.212. The number of carbonyl (C=O) groups is 2. The zero-order valence-corrected chi connectivity index (χ0v) is 24.3. The molecular weight excluding hydrogens is 556 g/mol. The topological polar surface area (TPSA) is 115 Å². The molecule has 0 fully saturated rings. The van der Waals surface area contributed by atoms with Crippen LogP contribution in [0.3, 0.4) is 0 Å². The van der Waals surface area contributed by atoms with Gasteiger partial charge in [0.05, 0.1) is 32.1 Å². The molecule has 0 aliphatic heterocycles. The average molecular weight is 589 g/mol. The molecule has 5 aromatic carbocycles. The molecule has 44 heavy (non-hydrogen) atoms.